The minimum Gasteiger partial charge on any atom is -0.493 e. The maximum absolute atomic E-state index is 14.3. The molecule has 0 fully saturated rings. The molecule has 0 unspecified atom stereocenters. The number of allylic oxidation sites excluding steroid dienone is 1. The number of hydrogen-bond donors (Lipinski definition) is 0. The van der Waals surface area contributed by atoms with Crippen molar-refractivity contribution in [2.24, 2.45) is 4.99 Å². The SMILES string of the molecule is CCOC(=O)C1=C(C(F)(F)F)N=c2s/c(=C\c3cc(I)c(OCc4ccccc4)c(OC)c3)c(=O)n2[C@H]1c1ccc(Cl)cc1. The van der Waals surface area contributed by atoms with Gasteiger partial charge in [0.05, 0.1) is 33.4 Å². The van der Waals surface area contributed by atoms with Crippen LogP contribution in [0.4, 0.5) is 13.2 Å². The fourth-order valence-electron chi connectivity index (χ4n) is 4.65. The molecule has 0 saturated heterocycles. The van der Waals surface area contributed by atoms with Crippen LogP contribution in [-0.4, -0.2) is 30.4 Å². The van der Waals surface area contributed by atoms with Crippen LogP contribution in [0.1, 0.15) is 29.7 Å². The lowest BCUT2D eigenvalue weighted by Crippen LogP contribution is -2.41. The van der Waals surface area contributed by atoms with Crippen LogP contribution in [0.2, 0.25) is 5.02 Å². The zero-order chi connectivity index (χ0) is 31.6. The Morgan fingerprint density at radius 3 is 2.48 bits per heavy atom. The van der Waals surface area contributed by atoms with Gasteiger partial charge in [0.1, 0.15) is 6.61 Å². The van der Waals surface area contributed by atoms with E-state index >= 15 is 0 Å². The molecule has 2 heterocycles. The normalized spacial score (nSPS) is 15.1. The van der Waals surface area contributed by atoms with E-state index in [0.29, 0.717) is 32.3 Å². The fourth-order valence-corrected chi connectivity index (χ4v) is 6.55. The molecule has 1 aliphatic rings. The smallest absolute Gasteiger partial charge is 0.434 e. The highest BCUT2D eigenvalue weighted by Crippen LogP contribution is 2.39. The molecular formula is C31H23ClF3IN2O5S. The fraction of sp³-hybridized carbons (Fsp3) is 0.194. The van der Waals surface area contributed by atoms with E-state index < -0.39 is 35.0 Å². The third-order valence-corrected chi connectivity index (χ3v) is 8.59. The Bertz CT molecular complexity index is 1920. The Balaban J connectivity index is 1.65. The molecule has 0 aliphatic carbocycles. The van der Waals surface area contributed by atoms with Gasteiger partial charge in [-0.25, -0.2) is 9.79 Å². The number of halogens is 5. The van der Waals surface area contributed by atoms with Gasteiger partial charge >= 0.3 is 12.1 Å². The third kappa shape index (κ3) is 6.57. The van der Waals surface area contributed by atoms with E-state index in [1.165, 1.54) is 44.4 Å². The monoisotopic (exact) mass is 754 g/mol. The standard InChI is InChI=1S/C31H23ClF3IN2O5S/c1-3-42-29(40)24-25(19-9-11-20(32)12-10-19)38-28(39)23(44-30(38)37-27(24)31(33,34)35)15-18-13-21(36)26(22(14-18)41-2)43-16-17-7-5-4-6-8-17/h4-15,25H,3,16H2,1-2H3/b23-15-/t25-/m0/s1. The molecular weight excluding hydrogens is 732 g/mol. The maximum atomic E-state index is 14.3. The summed E-state index contributed by atoms with van der Waals surface area (Å²) in [5.74, 6) is -0.301. The number of methoxy groups -OCH3 is 1. The van der Waals surface area contributed by atoms with Gasteiger partial charge in [-0.1, -0.05) is 65.4 Å². The Hall–Kier alpha value is -3.62. The van der Waals surface area contributed by atoms with Crippen molar-refractivity contribution in [3.8, 4) is 11.5 Å². The number of esters is 1. The highest BCUT2D eigenvalue weighted by molar-refractivity contribution is 14.1. The van der Waals surface area contributed by atoms with E-state index in [1.54, 1.807) is 12.1 Å². The number of nitrogens with zero attached hydrogens (tertiary/aromatic N) is 2. The maximum Gasteiger partial charge on any atom is 0.434 e. The predicted octanol–water partition coefficient (Wildman–Crippen LogP) is 6.19. The summed E-state index contributed by atoms with van der Waals surface area (Å²) in [5, 5.41) is 0.332. The summed E-state index contributed by atoms with van der Waals surface area (Å²) < 4.78 is 61.5. The zero-order valence-corrected chi connectivity index (χ0v) is 26.9. The van der Waals surface area contributed by atoms with Crippen LogP contribution >= 0.6 is 45.5 Å². The Kier molecular flexibility index (Phi) is 9.51. The Morgan fingerprint density at radius 1 is 1.14 bits per heavy atom. The van der Waals surface area contributed by atoms with Crippen LogP contribution in [0.3, 0.4) is 0 Å². The van der Waals surface area contributed by atoms with Crippen molar-refractivity contribution in [2.75, 3.05) is 13.7 Å². The van der Waals surface area contributed by atoms with Crippen molar-refractivity contribution in [1.82, 2.24) is 4.57 Å². The molecule has 7 nitrogen and oxygen atoms in total. The quantitative estimate of drug-likeness (QED) is 0.159. The summed E-state index contributed by atoms with van der Waals surface area (Å²) in [6.45, 7) is 1.61. The summed E-state index contributed by atoms with van der Waals surface area (Å²) >= 11 is 8.90. The predicted molar refractivity (Wildman–Crippen MR) is 169 cm³/mol. The Labute approximate surface area is 272 Å². The van der Waals surface area contributed by atoms with Gasteiger partial charge in [0.2, 0.25) is 0 Å². The first-order valence-electron chi connectivity index (χ1n) is 13.1. The first-order valence-corrected chi connectivity index (χ1v) is 15.4. The molecule has 4 aromatic rings. The number of alkyl halides is 3. The van der Waals surface area contributed by atoms with Gasteiger partial charge in [0.25, 0.3) is 5.56 Å². The zero-order valence-electron chi connectivity index (χ0n) is 23.2. The van der Waals surface area contributed by atoms with Gasteiger partial charge in [-0.3, -0.25) is 9.36 Å². The molecule has 0 N–H and O–H groups in total. The van der Waals surface area contributed by atoms with Crippen LogP contribution in [0.25, 0.3) is 6.08 Å². The van der Waals surface area contributed by atoms with Crippen molar-refractivity contribution in [2.45, 2.75) is 25.7 Å². The second kappa shape index (κ2) is 13.2. The number of rotatable bonds is 8. The first kappa shape index (κ1) is 31.8. The lowest BCUT2D eigenvalue weighted by Gasteiger charge is -2.26. The molecule has 0 spiro atoms. The van der Waals surface area contributed by atoms with Gasteiger partial charge in [-0.2, -0.15) is 13.2 Å². The van der Waals surface area contributed by atoms with Gasteiger partial charge < -0.3 is 14.2 Å². The van der Waals surface area contributed by atoms with Crippen LogP contribution < -0.4 is 24.4 Å². The van der Waals surface area contributed by atoms with E-state index in [0.717, 1.165) is 21.5 Å². The second-order valence-electron chi connectivity index (χ2n) is 9.42. The Morgan fingerprint density at radius 2 is 1.84 bits per heavy atom. The second-order valence-corrected chi connectivity index (χ2v) is 12.0. The molecule has 0 bridgehead atoms. The van der Waals surface area contributed by atoms with Crippen molar-refractivity contribution < 1.29 is 32.2 Å². The summed E-state index contributed by atoms with van der Waals surface area (Å²) in [6.07, 6.45) is -3.46. The summed E-state index contributed by atoms with van der Waals surface area (Å²) in [5.41, 5.74) is -1.08. The lowest BCUT2D eigenvalue weighted by molar-refractivity contribution is -0.140. The number of benzene rings is 3. The number of carbonyl (C=O) groups is 1. The highest BCUT2D eigenvalue weighted by atomic mass is 127. The number of ether oxygens (including phenoxy) is 3. The van der Waals surface area contributed by atoms with Crippen molar-refractivity contribution in [3.63, 3.8) is 0 Å². The minimum absolute atomic E-state index is 0.102. The average molecular weight is 755 g/mol. The molecule has 13 heteroatoms. The van der Waals surface area contributed by atoms with Gasteiger partial charge in [0, 0.05) is 5.02 Å². The molecule has 1 aliphatic heterocycles. The van der Waals surface area contributed by atoms with Crippen molar-refractivity contribution in [1.29, 1.82) is 0 Å². The van der Waals surface area contributed by atoms with Crippen molar-refractivity contribution in [3.05, 3.63) is 123 Å². The summed E-state index contributed by atoms with van der Waals surface area (Å²) in [6, 6.07) is 17.4. The number of hydrogen-bond acceptors (Lipinski definition) is 7. The molecule has 44 heavy (non-hydrogen) atoms. The number of aromatic nitrogens is 1. The highest BCUT2D eigenvalue weighted by Gasteiger charge is 2.45. The van der Waals surface area contributed by atoms with E-state index in [4.69, 9.17) is 25.8 Å². The number of fused-ring (bicyclic) bond motifs is 1. The minimum atomic E-state index is -5.00. The van der Waals surface area contributed by atoms with Gasteiger partial charge in [-0.05, 0) is 76.5 Å². The van der Waals surface area contributed by atoms with Crippen LogP contribution in [0.15, 0.2) is 87.8 Å². The molecule has 3 aromatic carbocycles. The molecule has 0 radical (unpaired) electrons. The number of carbonyl (C=O) groups excluding carboxylic acids is 1. The summed E-state index contributed by atoms with van der Waals surface area (Å²) in [7, 11) is 1.49. The summed E-state index contributed by atoms with van der Waals surface area (Å²) in [4.78, 5) is 30.4. The molecule has 228 valence electrons. The first-order chi connectivity index (χ1) is 21.0. The van der Waals surface area contributed by atoms with E-state index in [1.807, 2.05) is 30.3 Å². The number of thiazole rings is 1. The molecule has 0 saturated carbocycles. The van der Waals surface area contributed by atoms with Gasteiger partial charge in [0.15, 0.2) is 22.0 Å². The van der Waals surface area contributed by atoms with Crippen LogP contribution in [0, 0.1) is 3.57 Å². The van der Waals surface area contributed by atoms with E-state index in [2.05, 4.69) is 27.6 Å². The van der Waals surface area contributed by atoms with Crippen LogP contribution in [0.5, 0.6) is 11.5 Å². The molecule has 1 aromatic heterocycles. The molecule has 0 amide bonds. The molecule has 5 rings (SSSR count). The topological polar surface area (TPSA) is 79.1 Å². The van der Waals surface area contributed by atoms with E-state index in [-0.39, 0.29) is 21.5 Å². The third-order valence-electron chi connectivity index (χ3n) is 6.56. The van der Waals surface area contributed by atoms with Crippen molar-refractivity contribution >= 4 is 57.6 Å². The molecule has 1 atom stereocenters. The average Bonchev–Trinajstić information content (AvgIpc) is 3.30. The van der Waals surface area contributed by atoms with Gasteiger partial charge in [-0.15, -0.1) is 0 Å². The van der Waals surface area contributed by atoms with Crippen LogP contribution in [-0.2, 0) is 16.1 Å². The van der Waals surface area contributed by atoms with E-state index in [9.17, 15) is 22.8 Å². The lowest BCUT2D eigenvalue weighted by atomic mass is 9.95. The largest absolute Gasteiger partial charge is 0.493 e.